The van der Waals surface area contributed by atoms with E-state index in [1.165, 1.54) is 27.1 Å². The quantitative estimate of drug-likeness (QED) is 0.175. The van der Waals surface area contributed by atoms with Gasteiger partial charge in [-0.05, 0) is 74.6 Å². The third-order valence-electron chi connectivity index (χ3n) is 11.1. The predicted octanol–water partition coefficient (Wildman–Crippen LogP) is 14.7. The molecular formula is C50H28O3. The number of fused-ring (bicyclic) bond motifs is 11. The molecule has 0 radical (unpaired) electrons. The fraction of sp³-hybridized carbons (Fsp3) is 0. The summed E-state index contributed by atoms with van der Waals surface area (Å²) in [6, 6.07) is 60.0. The normalized spacial score (nSPS) is 12.2. The van der Waals surface area contributed by atoms with E-state index >= 15 is 0 Å². The van der Waals surface area contributed by atoms with Crippen LogP contribution >= 0.6 is 0 Å². The average molecular weight is 677 g/mol. The van der Waals surface area contributed by atoms with Crippen molar-refractivity contribution < 1.29 is 13.3 Å². The Kier molecular flexibility index (Phi) is 5.77. The molecule has 0 spiro atoms. The number of hydrogen-bond donors (Lipinski definition) is 0. The Labute approximate surface area is 302 Å². The van der Waals surface area contributed by atoms with Crippen molar-refractivity contribution in [3.8, 4) is 33.4 Å². The van der Waals surface area contributed by atoms with Crippen LogP contribution in [0.1, 0.15) is 0 Å². The summed E-state index contributed by atoms with van der Waals surface area (Å²) in [6.07, 6.45) is 0. The molecule has 3 heteroatoms. The summed E-state index contributed by atoms with van der Waals surface area (Å²) in [5.41, 5.74) is 11.9. The number of rotatable bonds is 3. The Balaban J connectivity index is 1.17. The van der Waals surface area contributed by atoms with Gasteiger partial charge in [-0.1, -0.05) is 133 Å². The Morgan fingerprint density at radius 3 is 1.45 bits per heavy atom. The van der Waals surface area contributed by atoms with E-state index in [-0.39, 0.29) is 0 Å². The molecule has 9 aromatic carbocycles. The zero-order valence-corrected chi connectivity index (χ0v) is 28.4. The molecule has 0 bridgehead atoms. The Morgan fingerprint density at radius 1 is 0.264 bits per heavy atom. The van der Waals surface area contributed by atoms with E-state index in [4.69, 9.17) is 13.3 Å². The molecule has 0 saturated heterocycles. The van der Waals surface area contributed by atoms with E-state index in [9.17, 15) is 0 Å². The van der Waals surface area contributed by atoms with Crippen LogP contribution in [0, 0.1) is 0 Å². The molecule has 12 rings (SSSR count). The summed E-state index contributed by atoms with van der Waals surface area (Å²) >= 11 is 0. The molecule has 53 heavy (non-hydrogen) atoms. The molecule has 0 fully saturated rings. The number of hydrogen-bond acceptors (Lipinski definition) is 3. The average Bonchev–Trinajstić information content (AvgIpc) is 3.91. The number of furan rings is 3. The molecule has 0 saturated carbocycles. The topological polar surface area (TPSA) is 39.4 Å². The van der Waals surface area contributed by atoms with E-state index in [2.05, 4.69) is 140 Å². The fourth-order valence-electron chi connectivity index (χ4n) is 8.82. The first kappa shape index (κ1) is 28.6. The molecular weight excluding hydrogens is 649 g/mol. The van der Waals surface area contributed by atoms with Gasteiger partial charge in [-0.25, -0.2) is 0 Å². The molecule has 0 unspecified atom stereocenters. The lowest BCUT2D eigenvalue weighted by Gasteiger charge is -2.18. The van der Waals surface area contributed by atoms with Crippen LogP contribution in [0.15, 0.2) is 183 Å². The lowest BCUT2D eigenvalue weighted by atomic mass is 9.84. The lowest BCUT2D eigenvalue weighted by Crippen LogP contribution is -1.92. The minimum absolute atomic E-state index is 0.859. The van der Waals surface area contributed by atoms with E-state index < -0.39 is 0 Å². The van der Waals surface area contributed by atoms with Gasteiger partial charge in [-0.3, -0.25) is 0 Å². The monoisotopic (exact) mass is 676 g/mol. The summed E-state index contributed by atoms with van der Waals surface area (Å²) in [4.78, 5) is 0. The van der Waals surface area contributed by atoms with Crippen LogP contribution in [-0.2, 0) is 0 Å². The van der Waals surface area contributed by atoms with Gasteiger partial charge < -0.3 is 13.3 Å². The summed E-state index contributed by atoms with van der Waals surface area (Å²) < 4.78 is 19.9. The van der Waals surface area contributed by atoms with Gasteiger partial charge in [0, 0.05) is 49.0 Å². The Morgan fingerprint density at radius 2 is 0.755 bits per heavy atom. The first-order valence-electron chi connectivity index (χ1n) is 18.0. The minimum atomic E-state index is 0.859. The van der Waals surface area contributed by atoms with Gasteiger partial charge in [0.2, 0.25) is 0 Å². The SMILES string of the molecule is c1ccc2c(c1)oc1cc(-c3c4ccccc4c(-c4ccc(-c5cccc6c5oc5ccccc56)c5c4oc4ccccc45)c4ccccc34)ccc12. The largest absolute Gasteiger partial charge is 0.456 e. The second-order valence-corrected chi connectivity index (χ2v) is 13.9. The van der Waals surface area contributed by atoms with Gasteiger partial charge >= 0.3 is 0 Å². The molecule has 3 aromatic heterocycles. The first-order valence-corrected chi connectivity index (χ1v) is 18.0. The Bertz CT molecular complexity index is 3410. The molecule has 12 aromatic rings. The summed E-state index contributed by atoms with van der Waals surface area (Å²) in [5.74, 6) is 0. The highest BCUT2D eigenvalue weighted by molar-refractivity contribution is 6.26. The van der Waals surface area contributed by atoms with Crippen molar-refractivity contribution in [1.82, 2.24) is 0 Å². The second kappa shape index (κ2) is 10.7. The molecule has 246 valence electrons. The van der Waals surface area contributed by atoms with Crippen molar-refractivity contribution in [3.63, 3.8) is 0 Å². The van der Waals surface area contributed by atoms with Crippen molar-refractivity contribution >= 4 is 87.4 Å². The molecule has 0 aliphatic carbocycles. The predicted molar refractivity (Wildman–Crippen MR) is 220 cm³/mol. The summed E-state index contributed by atoms with van der Waals surface area (Å²) in [7, 11) is 0. The highest BCUT2D eigenvalue weighted by Gasteiger charge is 2.24. The first-order chi connectivity index (χ1) is 26.3. The minimum Gasteiger partial charge on any atom is -0.456 e. The molecule has 0 aliphatic heterocycles. The van der Waals surface area contributed by atoms with Crippen LogP contribution in [0.4, 0.5) is 0 Å². The van der Waals surface area contributed by atoms with Crippen molar-refractivity contribution in [3.05, 3.63) is 170 Å². The zero-order chi connectivity index (χ0) is 34.6. The van der Waals surface area contributed by atoms with Crippen LogP contribution in [0.5, 0.6) is 0 Å². The number of para-hydroxylation sites is 4. The van der Waals surface area contributed by atoms with Crippen molar-refractivity contribution in [2.45, 2.75) is 0 Å². The molecule has 3 heterocycles. The van der Waals surface area contributed by atoms with Crippen LogP contribution in [0.25, 0.3) is 121 Å². The summed E-state index contributed by atoms with van der Waals surface area (Å²) in [6.45, 7) is 0. The molecule has 3 nitrogen and oxygen atoms in total. The molecule has 0 atom stereocenters. The van der Waals surface area contributed by atoms with Crippen LogP contribution in [0.2, 0.25) is 0 Å². The smallest absolute Gasteiger partial charge is 0.143 e. The Hall–Kier alpha value is -7.10. The van der Waals surface area contributed by atoms with Gasteiger partial charge in [-0.15, -0.1) is 0 Å². The standard InChI is InChI=1S/C50H28O3/c1-3-16-35-33(14-1)46(29-24-25-32-30-12-5-8-21-42(30)51-45(32)28-29)34-15-2-4-17-36(34)47(35)41-27-26-37(48-40-18-7-10-23-44(40)53-50(41)48)39-20-11-19-38-31-13-6-9-22-43(31)52-49(38)39/h1-28H. The van der Waals surface area contributed by atoms with E-state index in [1.54, 1.807) is 0 Å². The second-order valence-electron chi connectivity index (χ2n) is 13.9. The lowest BCUT2D eigenvalue weighted by molar-refractivity contribution is 0.668. The molecule has 0 amide bonds. The van der Waals surface area contributed by atoms with Crippen molar-refractivity contribution in [2.24, 2.45) is 0 Å². The highest BCUT2D eigenvalue weighted by atomic mass is 16.3. The maximum Gasteiger partial charge on any atom is 0.143 e. The number of benzene rings is 9. The van der Waals surface area contributed by atoms with E-state index in [0.717, 1.165) is 93.6 Å². The van der Waals surface area contributed by atoms with Crippen LogP contribution in [0.3, 0.4) is 0 Å². The third-order valence-corrected chi connectivity index (χ3v) is 11.1. The van der Waals surface area contributed by atoms with Gasteiger partial charge in [0.15, 0.2) is 0 Å². The van der Waals surface area contributed by atoms with Crippen LogP contribution < -0.4 is 0 Å². The summed E-state index contributed by atoms with van der Waals surface area (Å²) in [5, 5.41) is 11.3. The van der Waals surface area contributed by atoms with E-state index in [0.29, 0.717) is 0 Å². The van der Waals surface area contributed by atoms with Crippen molar-refractivity contribution in [1.29, 1.82) is 0 Å². The zero-order valence-electron chi connectivity index (χ0n) is 28.4. The highest BCUT2D eigenvalue weighted by Crippen LogP contribution is 2.49. The van der Waals surface area contributed by atoms with Gasteiger partial charge in [0.25, 0.3) is 0 Å². The van der Waals surface area contributed by atoms with Crippen LogP contribution in [-0.4, -0.2) is 0 Å². The molecule has 0 aliphatic rings. The third kappa shape index (κ3) is 3.99. The van der Waals surface area contributed by atoms with Gasteiger partial charge in [-0.2, -0.15) is 0 Å². The van der Waals surface area contributed by atoms with Gasteiger partial charge in [0.05, 0.1) is 0 Å². The maximum atomic E-state index is 6.92. The van der Waals surface area contributed by atoms with Gasteiger partial charge in [0.1, 0.15) is 33.5 Å². The van der Waals surface area contributed by atoms with Crippen molar-refractivity contribution in [2.75, 3.05) is 0 Å². The maximum absolute atomic E-state index is 6.92. The fourth-order valence-corrected chi connectivity index (χ4v) is 8.82. The molecule has 0 N–H and O–H groups in total. The van der Waals surface area contributed by atoms with E-state index in [1.807, 2.05) is 30.3 Å².